The van der Waals surface area contributed by atoms with E-state index in [9.17, 15) is 31.8 Å². The summed E-state index contributed by atoms with van der Waals surface area (Å²) in [5.41, 5.74) is 13.7. The number of amides is 1. The number of fused-ring (bicyclic) bond motifs is 4. The number of likely N-dealkylation sites (tertiary alicyclic amines) is 1. The molecule has 0 spiro atoms. The average molecular weight is 1800 g/mol. The maximum Gasteiger partial charge on any atom is 0.227 e. The molecular formula is C93H129N21O8S4. The van der Waals surface area contributed by atoms with E-state index < -0.39 is 43.2 Å². The molecule has 0 radical (unpaired) electrons. The van der Waals surface area contributed by atoms with Gasteiger partial charge in [0.2, 0.25) is 29.7 Å². The summed E-state index contributed by atoms with van der Waals surface area (Å²) in [6, 6.07) is 35.9. The van der Waals surface area contributed by atoms with Crippen molar-refractivity contribution in [3.63, 3.8) is 0 Å². The van der Waals surface area contributed by atoms with E-state index in [2.05, 4.69) is 241 Å². The fourth-order valence-corrected chi connectivity index (χ4v) is 23.4. The van der Waals surface area contributed by atoms with E-state index in [1.54, 1.807) is 4.90 Å². The van der Waals surface area contributed by atoms with Crippen LogP contribution in [0.2, 0.25) is 0 Å². The van der Waals surface area contributed by atoms with Crippen molar-refractivity contribution in [3.8, 4) is 0 Å². The van der Waals surface area contributed by atoms with Gasteiger partial charge in [-0.2, -0.15) is 19.9 Å². The van der Waals surface area contributed by atoms with Crippen LogP contribution in [0.3, 0.4) is 0 Å². The van der Waals surface area contributed by atoms with E-state index in [1.165, 1.54) is 45.0 Å². The number of aromatic nitrogens is 8. The second kappa shape index (κ2) is 41.0. The molecule has 10 aliphatic heterocycles. The number of benzene rings is 4. The highest BCUT2D eigenvalue weighted by atomic mass is 32.2. The number of carbonyl (C=O) groups excluding carboxylic acids is 1. The van der Waals surface area contributed by atoms with Crippen LogP contribution >= 0.6 is 0 Å². The van der Waals surface area contributed by atoms with Gasteiger partial charge in [0.05, 0.1) is 91.3 Å². The summed E-state index contributed by atoms with van der Waals surface area (Å²) < 4.78 is 56.1. The topological polar surface area (TPSA) is 315 Å². The van der Waals surface area contributed by atoms with Gasteiger partial charge in [0.15, 0.2) is 0 Å². The third-order valence-corrected chi connectivity index (χ3v) is 31.9. The first-order valence-corrected chi connectivity index (χ1v) is 50.6. The summed E-state index contributed by atoms with van der Waals surface area (Å²) in [6.07, 6.45) is 6.07. The van der Waals surface area contributed by atoms with Gasteiger partial charge in [0, 0.05) is 219 Å². The van der Waals surface area contributed by atoms with Crippen molar-refractivity contribution in [2.45, 2.75) is 202 Å². The molecule has 6 N–H and O–H groups in total. The van der Waals surface area contributed by atoms with Crippen molar-refractivity contribution < 1.29 is 36.6 Å². The average Bonchev–Trinajstić information content (AvgIpc) is 1.60. The van der Waals surface area contributed by atoms with Crippen LogP contribution < -0.4 is 60.5 Å². The van der Waals surface area contributed by atoms with E-state index in [4.69, 9.17) is 44.6 Å². The Morgan fingerprint density at radius 3 is 0.929 bits per heavy atom. The van der Waals surface area contributed by atoms with Crippen LogP contribution in [-0.4, -0.2) is 268 Å². The van der Waals surface area contributed by atoms with Crippen molar-refractivity contribution in [1.29, 1.82) is 0 Å². The molecule has 6 fully saturated rings. The first-order valence-electron chi connectivity index (χ1n) is 45.3. The van der Waals surface area contributed by atoms with Crippen LogP contribution in [0.1, 0.15) is 126 Å². The maximum absolute atomic E-state index is 12.7. The van der Waals surface area contributed by atoms with Gasteiger partial charge in [0.25, 0.3) is 0 Å². The number of likely N-dealkylation sites (N-methyl/N-ethyl adjacent to an activating group) is 1. The predicted octanol–water partition coefficient (Wildman–Crippen LogP) is 10.1. The number of piperazine rings is 4. The van der Waals surface area contributed by atoms with Gasteiger partial charge in [-0.25, -0.2) is 19.9 Å². The number of nitrogens with zero attached hydrogens (tertiary/aromatic N) is 17. The normalized spacial score (nSPS) is 23.5. The van der Waals surface area contributed by atoms with E-state index >= 15 is 0 Å². The smallest absolute Gasteiger partial charge is 0.227 e. The van der Waals surface area contributed by atoms with Crippen molar-refractivity contribution in [2.75, 3.05) is 202 Å². The number of hydrogen-bond acceptors (Lipinski definition) is 28. The van der Waals surface area contributed by atoms with E-state index in [1.807, 2.05) is 7.05 Å². The molecule has 14 heterocycles. The molecule has 6 saturated heterocycles. The SMILES string of the molecule is Cc1ccc(N2CCN(c3nc4c(c(NC5CCOCC5)n3)S(=O)CC4)[C@@H](C)C2)cc1.Cc1ccc(N2CCN(c3nc4c(c(N[C@@H](CO)C(C)C)n3)S(=O)CC4)[C@@H](C)C2)cc1.Cc1ccc(N2CCN(c3nc4c(c(N[C@@H](CO)C(C)C)n3)S(=O)CC4)[C@H](C)C2)cc1.Cc1ccc(N2CCN(c3nc4c(c(N[C@H]5CCC(=O)N(C)C5)n3)S(=O)CC4)[C@@H](C)C2)cc1. The number of aliphatic hydroxyl groups is 2. The largest absolute Gasteiger partial charge is 0.394 e. The monoisotopic (exact) mass is 1800 g/mol. The van der Waals surface area contributed by atoms with Crippen LogP contribution in [-0.2, 0) is 78.4 Å². The Labute approximate surface area is 753 Å². The standard InChI is InChI=1S/C24H32N6O2S.C23H31N5O2S.2C23H33N5O2S/c1-16-4-7-19(8-5-16)29-11-12-30(17(2)14-29)24-26-20-10-13-33(32)22(20)23(27-24)25-18-6-9-21(31)28(3)15-18;1-16-3-5-19(6-4-16)27-10-11-28(17(2)15-27)23-25-20-9-14-31(29)21(20)22(26-23)24-18-7-12-30-13-8-18;2*1-15(2)20(14-29)24-22-21-19(9-12-31(21)30)25-23(26-22)28-11-10-27(13-17(28)4)18-7-5-16(3)6-8-18/h4-5,7-8,17-18H,6,9-15H2,1-3H3,(H,25,26,27);3-6,17-18H,7-15H2,1-2H3,(H,24,25,26);2*5-8,15,17,20,29H,9-14H2,1-4H3,(H,24,25,26)/t17-,18-,33?;17-,31?;17-,20+,31?;17-,20-,31?/m0010/s1. The minimum absolute atomic E-state index is 0.00401. The minimum Gasteiger partial charge on any atom is -0.394 e. The Morgan fingerprint density at radius 2 is 0.659 bits per heavy atom. The zero-order chi connectivity index (χ0) is 88.7. The van der Waals surface area contributed by atoms with Gasteiger partial charge in [-0.05, 0) is 135 Å². The summed E-state index contributed by atoms with van der Waals surface area (Å²) >= 11 is 0. The molecule has 0 saturated carbocycles. The van der Waals surface area contributed by atoms with E-state index in [0.717, 1.165) is 162 Å². The Balaban J connectivity index is 0.000000130. The molecule has 11 atom stereocenters. The van der Waals surface area contributed by atoms with Gasteiger partial charge in [0.1, 0.15) is 42.9 Å². The van der Waals surface area contributed by atoms with Gasteiger partial charge in [-0.1, -0.05) is 98.5 Å². The number of hydrogen-bond donors (Lipinski definition) is 6. The zero-order valence-electron chi connectivity index (χ0n) is 75.6. The highest BCUT2D eigenvalue weighted by Gasteiger charge is 2.39. The quantitative estimate of drug-likeness (QED) is 0.0413. The first kappa shape index (κ1) is 91.5. The van der Waals surface area contributed by atoms with Gasteiger partial charge >= 0.3 is 0 Å². The molecule has 4 aromatic carbocycles. The lowest BCUT2D eigenvalue weighted by Gasteiger charge is -2.41. The molecular weight excluding hydrogens is 1670 g/mol. The lowest BCUT2D eigenvalue weighted by atomic mass is 10.1. The number of nitrogens with one attached hydrogen (secondary N) is 4. The summed E-state index contributed by atoms with van der Waals surface area (Å²) in [5, 5.41) is 33.4. The molecule has 4 aromatic heterocycles. The molecule has 18 rings (SSSR count). The third kappa shape index (κ3) is 21.3. The number of ether oxygens (including phenoxy) is 1. The van der Waals surface area contributed by atoms with Crippen molar-refractivity contribution >= 4 is 119 Å². The number of carbonyl (C=O) groups is 1. The molecule has 4 unspecified atom stereocenters. The maximum atomic E-state index is 12.7. The number of piperidine rings is 1. The van der Waals surface area contributed by atoms with Crippen molar-refractivity contribution in [1.82, 2.24) is 44.8 Å². The summed E-state index contributed by atoms with van der Waals surface area (Å²) in [5.74, 6) is 8.62. The summed E-state index contributed by atoms with van der Waals surface area (Å²) in [6.45, 7) is 38.3. The number of aliphatic hydroxyl groups excluding tert-OH is 2. The van der Waals surface area contributed by atoms with E-state index in [-0.39, 0.29) is 73.2 Å². The summed E-state index contributed by atoms with van der Waals surface area (Å²) in [4.78, 5) is 74.3. The summed E-state index contributed by atoms with van der Waals surface area (Å²) in [7, 11) is -2.44. The fourth-order valence-electron chi connectivity index (χ4n) is 18.2. The Morgan fingerprint density at radius 1 is 0.381 bits per heavy atom. The Bertz CT molecular complexity index is 5060. The molecule has 29 nitrogen and oxygen atoms in total. The molecule has 10 aliphatic rings. The van der Waals surface area contributed by atoms with Crippen LogP contribution in [0.5, 0.6) is 0 Å². The minimum atomic E-state index is -1.09. The highest BCUT2D eigenvalue weighted by molar-refractivity contribution is 7.86. The second-order valence-corrected chi connectivity index (χ2v) is 42.2. The molecule has 1 amide bonds. The molecule has 33 heteroatoms. The molecule has 678 valence electrons. The lowest BCUT2D eigenvalue weighted by molar-refractivity contribution is -0.132. The first-order chi connectivity index (χ1) is 60.7. The van der Waals surface area contributed by atoms with Gasteiger partial charge in [-0.15, -0.1) is 0 Å². The van der Waals surface area contributed by atoms with Gasteiger partial charge < -0.3 is 80.3 Å². The van der Waals surface area contributed by atoms with Crippen LogP contribution in [0, 0.1) is 39.5 Å². The predicted molar refractivity (Wildman–Crippen MR) is 509 cm³/mol. The van der Waals surface area contributed by atoms with E-state index in [0.29, 0.717) is 106 Å². The van der Waals surface area contributed by atoms with Crippen LogP contribution in [0.25, 0.3) is 0 Å². The van der Waals surface area contributed by atoms with Gasteiger partial charge in [-0.3, -0.25) is 21.6 Å². The van der Waals surface area contributed by atoms with Crippen LogP contribution in [0.15, 0.2) is 117 Å². The van der Waals surface area contributed by atoms with Crippen molar-refractivity contribution in [2.24, 2.45) is 11.8 Å². The fraction of sp³-hybridized carbons (Fsp3) is 0.559. The lowest BCUT2D eigenvalue weighted by Crippen LogP contribution is -2.53. The van der Waals surface area contributed by atoms with Crippen LogP contribution in [0.4, 0.5) is 69.8 Å². The number of anilines is 12. The second-order valence-electron chi connectivity index (χ2n) is 36.1. The molecule has 0 aliphatic carbocycles. The third-order valence-electron chi connectivity index (χ3n) is 26.0. The Kier molecular flexibility index (Phi) is 29.8. The molecule has 126 heavy (non-hydrogen) atoms. The molecule has 0 bridgehead atoms. The Hall–Kier alpha value is -9.25. The number of rotatable bonds is 20. The molecule has 8 aromatic rings. The number of aryl methyl sites for hydroxylation is 8. The zero-order valence-corrected chi connectivity index (χ0v) is 78.9. The highest BCUT2D eigenvalue weighted by Crippen LogP contribution is 2.39. The van der Waals surface area contributed by atoms with Crippen molar-refractivity contribution in [3.05, 3.63) is 142 Å².